The van der Waals surface area contributed by atoms with Crippen LogP contribution in [0.5, 0.6) is 0 Å². The minimum Gasteiger partial charge on any atom is -0.448 e. The van der Waals surface area contributed by atoms with Crippen molar-refractivity contribution >= 4 is 0 Å². The number of aryl methyl sites for hydroxylation is 1. The van der Waals surface area contributed by atoms with Crippen LogP contribution in [0.3, 0.4) is 0 Å². The van der Waals surface area contributed by atoms with Crippen LogP contribution in [0.2, 0.25) is 0 Å². The first-order valence-electron chi connectivity index (χ1n) is 5.82. The first-order valence-corrected chi connectivity index (χ1v) is 5.82. The molecule has 1 aromatic heterocycles. The van der Waals surface area contributed by atoms with Gasteiger partial charge in [-0.25, -0.2) is 4.98 Å². The second-order valence-corrected chi connectivity index (χ2v) is 4.35. The number of rotatable bonds is 1. The quantitative estimate of drug-likeness (QED) is 0.744. The SMILES string of the molecule is c1nc2c(o1)CCCC2N1CCNCC1. The number of aromatic nitrogens is 1. The lowest BCUT2D eigenvalue weighted by molar-refractivity contribution is 0.152. The Kier molecular flexibility index (Phi) is 2.46. The van der Waals surface area contributed by atoms with E-state index in [0.717, 1.165) is 38.4 Å². The summed E-state index contributed by atoms with van der Waals surface area (Å²) >= 11 is 0. The van der Waals surface area contributed by atoms with Crippen LogP contribution in [-0.2, 0) is 6.42 Å². The minimum absolute atomic E-state index is 0.509. The smallest absolute Gasteiger partial charge is 0.181 e. The van der Waals surface area contributed by atoms with Crippen LogP contribution in [0.4, 0.5) is 0 Å². The van der Waals surface area contributed by atoms with E-state index in [9.17, 15) is 0 Å². The Labute approximate surface area is 89.7 Å². The van der Waals surface area contributed by atoms with Gasteiger partial charge in [0.25, 0.3) is 0 Å². The van der Waals surface area contributed by atoms with E-state index in [-0.39, 0.29) is 0 Å². The Bertz CT molecular complexity index is 330. The van der Waals surface area contributed by atoms with Crippen molar-refractivity contribution < 1.29 is 4.42 Å². The van der Waals surface area contributed by atoms with E-state index in [1.165, 1.54) is 18.5 Å². The number of hydrogen-bond acceptors (Lipinski definition) is 4. The fourth-order valence-corrected chi connectivity index (χ4v) is 2.68. The van der Waals surface area contributed by atoms with E-state index in [2.05, 4.69) is 15.2 Å². The first kappa shape index (κ1) is 9.36. The molecule has 2 aliphatic rings. The summed E-state index contributed by atoms with van der Waals surface area (Å²) in [5, 5.41) is 3.39. The zero-order valence-electron chi connectivity index (χ0n) is 8.91. The van der Waals surface area contributed by atoms with Crippen molar-refractivity contribution in [3.05, 3.63) is 17.8 Å². The predicted molar refractivity (Wildman–Crippen MR) is 56.6 cm³/mol. The molecule has 1 unspecified atom stereocenters. The lowest BCUT2D eigenvalue weighted by Gasteiger charge is -2.35. The van der Waals surface area contributed by atoms with E-state index in [0.29, 0.717) is 6.04 Å². The lowest BCUT2D eigenvalue weighted by atomic mass is 9.95. The maximum absolute atomic E-state index is 5.42. The summed E-state index contributed by atoms with van der Waals surface area (Å²) in [6.45, 7) is 4.47. The number of hydrogen-bond donors (Lipinski definition) is 1. The summed E-state index contributed by atoms with van der Waals surface area (Å²) < 4.78 is 5.42. The summed E-state index contributed by atoms with van der Waals surface area (Å²) in [6, 6.07) is 0.509. The normalized spacial score (nSPS) is 27.6. The summed E-state index contributed by atoms with van der Waals surface area (Å²) in [5.74, 6) is 1.12. The van der Waals surface area contributed by atoms with Crippen LogP contribution in [0.15, 0.2) is 10.8 Å². The number of nitrogens with one attached hydrogen (secondary N) is 1. The maximum Gasteiger partial charge on any atom is 0.181 e. The molecule has 0 bridgehead atoms. The second-order valence-electron chi connectivity index (χ2n) is 4.35. The molecule has 1 atom stereocenters. The summed E-state index contributed by atoms with van der Waals surface area (Å²) in [7, 11) is 0. The van der Waals surface area contributed by atoms with Gasteiger partial charge in [0, 0.05) is 32.6 Å². The van der Waals surface area contributed by atoms with Gasteiger partial charge < -0.3 is 9.73 Å². The Morgan fingerprint density at radius 1 is 1.40 bits per heavy atom. The molecule has 82 valence electrons. The number of nitrogens with zero attached hydrogens (tertiary/aromatic N) is 2. The third-order valence-corrected chi connectivity index (χ3v) is 3.46. The molecular formula is C11H17N3O. The summed E-state index contributed by atoms with van der Waals surface area (Å²) in [4.78, 5) is 6.92. The van der Waals surface area contributed by atoms with Crippen LogP contribution < -0.4 is 5.32 Å². The van der Waals surface area contributed by atoms with Gasteiger partial charge in [-0.1, -0.05) is 0 Å². The molecule has 1 fully saturated rings. The average molecular weight is 207 g/mol. The number of piperazine rings is 1. The van der Waals surface area contributed by atoms with Crippen LogP contribution in [0.1, 0.15) is 30.3 Å². The zero-order valence-corrected chi connectivity index (χ0v) is 8.91. The van der Waals surface area contributed by atoms with Gasteiger partial charge in [-0.2, -0.15) is 0 Å². The average Bonchev–Trinajstić information content (AvgIpc) is 2.78. The molecule has 1 aliphatic heterocycles. The number of fused-ring (bicyclic) bond motifs is 1. The molecule has 4 nitrogen and oxygen atoms in total. The predicted octanol–water partition coefficient (Wildman–Crippen LogP) is 0.957. The van der Waals surface area contributed by atoms with Crippen LogP contribution in [-0.4, -0.2) is 36.1 Å². The van der Waals surface area contributed by atoms with Crippen molar-refractivity contribution in [2.24, 2.45) is 0 Å². The van der Waals surface area contributed by atoms with Crippen LogP contribution in [0, 0.1) is 0 Å². The van der Waals surface area contributed by atoms with Gasteiger partial charge in [0.05, 0.1) is 11.7 Å². The standard InChI is InChI=1S/C11H17N3O/c1-2-9(14-6-4-12-5-7-14)11-10(3-1)15-8-13-11/h8-9,12H,1-7H2. The lowest BCUT2D eigenvalue weighted by Crippen LogP contribution is -2.45. The third kappa shape index (κ3) is 1.68. The van der Waals surface area contributed by atoms with E-state index in [4.69, 9.17) is 4.42 Å². The molecule has 1 saturated heterocycles. The highest BCUT2D eigenvalue weighted by Crippen LogP contribution is 2.33. The first-order chi connectivity index (χ1) is 7.45. The van der Waals surface area contributed by atoms with Crippen LogP contribution >= 0.6 is 0 Å². The van der Waals surface area contributed by atoms with Gasteiger partial charge in [0.2, 0.25) is 0 Å². The largest absolute Gasteiger partial charge is 0.448 e. The van der Waals surface area contributed by atoms with Gasteiger partial charge >= 0.3 is 0 Å². The molecule has 0 saturated carbocycles. The fourth-order valence-electron chi connectivity index (χ4n) is 2.68. The molecule has 0 amide bonds. The van der Waals surface area contributed by atoms with Crippen molar-refractivity contribution in [3.63, 3.8) is 0 Å². The van der Waals surface area contributed by atoms with Gasteiger partial charge in [-0.3, -0.25) is 4.90 Å². The van der Waals surface area contributed by atoms with Gasteiger partial charge in [0.1, 0.15) is 5.76 Å². The van der Waals surface area contributed by atoms with Gasteiger partial charge in [0.15, 0.2) is 6.39 Å². The Morgan fingerprint density at radius 2 is 2.27 bits per heavy atom. The molecule has 4 heteroatoms. The molecule has 1 aromatic rings. The number of oxazole rings is 1. The zero-order chi connectivity index (χ0) is 10.1. The van der Waals surface area contributed by atoms with Crippen molar-refractivity contribution in [1.29, 1.82) is 0 Å². The molecule has 2 heterocycles. The van der Waals surface area contributed by atoms with Crippen molar-refractivity contribution in [2.45, 2.75) is 25.3 Å². The Morgan fingerprint density at radius 3 is 3.13 bits per heavy atom. The third-order valence-electron chi connectivity index (χ3n) is 3.46. The molecule has 15 heavy (non-hydrogen) atoms. The molecule has 0 spiro atoms. The maximum atomic E-state index is 5.42. The van der Waals surface area contributed by atoms with Crippen molar-refractivity contribution in [2.75, 3.05) is 26.2 Å². The molecule has 1 N–H and O–H groups in total. The van der Waals surface area contributed by atoms with E-state index < -0.39 is 0 Å². The second kappa shape index (κ2) is 3.94. The fraction of sp³-hybridized carbons (Fsp3) is 0.727. The van der Waals surface area contributed by atoms with Crippen molar-refractivity contribution in [1.82, 2.24) is 15.2 Å². The summed E-state index contributed by atoms with van der Waals surface area (Å²) in [6.07, 6.45) is 5.14. The highest BCUT2D eigenvalue weighted by atomic mass is 16.3. The van der Waals surface area contributed by atoms with E-state index in [1.807, 2.05) is 0 Å². The Hall–Kier alpha value is -0.870. The van der Waals surface area contributed by atoms with Gasteiger partial charge in [-0.15, -0.1) is 0 Å². The minimum atomic E-state index is 0.509. The molecular weight excluding hydrogens is 190 g/mol. The molecule has 0 radical (unpaired) electrons. The monoisotopic (exact) mass is 207 g/mol. The van der Waals surface area contributed by atoms with Crippen LogP contribution in [0.25, 0.3) is 0 Å². The van der Waals surface area contributed by atoms with E-state index in [1.54, 1.807) is 6.39 Å². The topological polar surface area (TPSA) is 41.3 Å². The summed E-state index contributed by atoms with van der Waals surface area (Å²) in [5.41, 5.74) is 1.20. The molecule has 0 aromatic carbocycles. The highest BCUT2D eigenvalue weighted by Gasteiger charge is 2.29. The van der Waals surface area contributed by atoms with Crippen molar-refractivity contribution in [3.8, 4) is 0 Å². The van der Waals surface area contributed by atoms with Gasteiger partial charge in [-0.05, 0) is 12.8 Å². The van der Waals surface area contributed by atoms with E-state index >= 15 is 0 Å². The molecule has 3 rings (SSSR count). The Balaban J connectivity index is 1.82. The highest BCUT2D eigenvalue weighted by molar-refractivity contribution is 5.16. The molecule has 1 aliphatic carbocycles.